The van der Waals surface area contributed by atoms with Crippen molar-refractivity contribution in [3.05, 3.63) is 28.8 Å². The van der Waals surface area contributed by atoms with Crippen LogP contribution in [0.5, 0.6) is 5.75 Å². The molecule has 0 bridgehead atoms. The van der Waals surface area contributed by atoms with Gasteiger partial charge in [-0.25, -0.2) is 0 Å². The number of hydrogen-bond donors (Lipinski definition) is 1. The van der Waals surface area contributed by atoms with E-state index in [2.05, 4.69) is 54.5 Å². The van der Waals surface area contributed by atoms with Crippen LogP contribution in [0.25, 0.3) is 0 Å². The van der Waals surface area contributed by atoms with E-state index in [0.29, 0.717) is 5.75 Å². The minimum absolute atomic E-state index is 0.0250. The standard InChI is InChI=1S/C22H38O/c1-8-9-10-11-12-13-14-17-15-20(23)19(22(5,6)7)16-18(17)21(2,3)4/h15-16,23H,8-14H2,1-7H3. The van der Waals surface area contributed by atoms with E-state index in [9.17, 15) is 5.11 Å². The zero-order valence-electron chi connectivity index (χ0n) is 16.6. The number of benzene rings is 1. The minimum Gasteiger partial charge on any atom is -0.508 e. The molecule has 0 fully saturated rings. The minimum atomic E-state index is -0.0250. The van der Waals surface area contributed by atoms with Gasteiger partial charge in [0.1, 0.15) is 5.75 Å². The molecule has 1 rings (SSSR count). The quantitative estimate of drug-likeness (QED) is 0.543. The molecule has 0 spiro atoms. The highest BCUT2D eigenvalue weighted by molar-refractivity contribution is 5.47. The number of aryl methyl sites for hydroxylation is 1. The second-order valence-corrected chi connectivity index (χ2v) is 9.04. The number of aromatic hydroxyl groups is 1. The van der Waals surface area contributed by atoms with Crippen LogP contribution in [-0.2, 0) is 17.3 Å². The molecule has 0 amide bonds. The summed E-state index contributed by atoms with van der Waals surface area (Å²) in [5.41, 5.74) is 3.88. The first-order valence-corrected chi connectivity index (χ1v) is 9.44. The maximum atomic E-state index is 10.5. The third kappa shape index (κ3) is 6.20. The summed E-state index contributed by atoms with van der Waals surface area (Å²) in [7, 11) is 0. The zero-order valence-corrected chi connectivity index (χ0v) is 16.6. The van der Waals surface area contributed by atoms with Crippen LogP contribution in [0.1, 0.15) is 104 Å². The number of phenolic OH excluding ortho intramolecular Hbond substituents is 1. The van der Waals surface area contributed by atoms with E-state index in [0.717, 1.165) is 12.0 Å². The van der Waals surface area contributed by atoms with Gasteiger partial charge in [0.05, 0.1) is 0 Å². The van der Waals surface area contributed by atoms with Crippen LogP contribution in [0.2, 0.25) is 0 Å². The molecule has 1 N–H and O–H groups in total. The van der Waals surface area contributed by atoms with Crippen LogP contribution in [0.15, 0.2) is 12.1 Å². The Labute approximate surface area is 144 Å². The summed E-state index contributed by atoms with van der Waals surface area (Å²) in [6, 6.07) is 4.29. The Balaban J connectivity index is 2.92. The fourth-order valence-electron chi connectivity index (χ4n) is 3.23. The fourth-order valence-corrected chi connectivity index (χ4v) is 3.23. The average molecular weight is 319 g/mol. The van der Waals surface area contributed by atoms with E-state index < -0.39 is 0 Å². The van der Waals surface area contributed by atoms with Gasteiger partial charge >= 0.3 is 0 Å². The van der Waals surface area contributed by atoms with Crippen molar-refractivity contribution in [3.8, 4) is 5.75 Å². The molecule has 0 heterocycles. The lowest BCUT2D eigenvalue weighted by molar-refractivity contribution is 0.443. The Morgan fingerprint density at radius 1 is 0.739 bits per heavy atom. The van der Waals surface area contributed by atoms with Crippen LogP contribution < -0.4 is 0 Å². The van der Waals surface area contributed by atoms with E-state index in [1.54, 1.807) is 0 Å². The first-order valence-electron chi connectivity index (χ1n) is 9.44. The SMILES string of the molecule is CCCCCCCCc1cc(O)c(C(C)(C)C)cc1C(C)(C)C. The summed E-state index contributed by atoms with van der Waals surface area (Å²) in [5.74, 6) is 0.464. The summed E-state index contributed by atoms with van der Waals surface area (Å²) >= 11 is 0. The monoisotopic (exact) mass is 318 g/mol. The van der Waals surface area contributed by atoms with Crippen molar-refractivity contribution in [2.75, 3.05) is 0 Å². The fraction of sp³-hybridized carbons (Fsp3) is 0.727. The molecule has 0 radical (unpaired) electrons. The molecule has 1 nitrogen and oxygen atoms in total. The Bertz CT molecular complexity index is 486. The first kappa shape index (κ1) is 20.1. The van der Waals surface area contributed by atoms with Gasteiger partial charge in [-0.15, -0.1) is 0 Å². The third-order valence-electron chi connectivity index (χ3n) is 4.64. The summed E-state index contributed by atoms with van der Waals surface area (Å²) in [6.07, 6.45) is 8.95. The van der Waals surface area contributed by atoms with E-state index in [4.69, 9.17) is 0 Å². The topological polar surface area (TPSA) is 20.2 Å². The largest absolute Gasteiger partial charge is 0.508 e. The molecule has 0 aromatic heterocycles. The van der Waals surface area contributed by atoms with E-state index >= 15 is 0 Å². The van der Waals surface area contributed by atoms with Gasteiger partial charge in [-0.1, -0.05) is 86.6 Å². The molecule has 0 saturated carbocycles. The van der Waals surface area contributed by atoms with E-state index in [-0.39, 0.29) is 10.8 Å². The molecule has 1 aromatic rings. The van der Waals surface area contributed by atoms with Crippen LogP contribution in [-0.4, -0.2) is 5.11 Å². The first-order chi connectivity index (χ1) is 10.6. The zero-order chi connectivity index (χ0) is 17.7. The van der Waals surface area contributed by atoms with Crippen molar-refractivity contribution in [1.29, 1.82) is 0 Å². The summed E-state index contributed by atoms with van der Waals surface area (Å²) in [6.45, 7) is 15.6. The molecule has 0 aliphatic heterocycles. The molecule has 0 unspecified atom stereocenters. The van der Waals surface area contributed by atoms with Crippen molar-refractivity contribution < 1.29 is 5.11 Å². The van der Waals surface area contributed by atoms with Gasteiger partial charge in [-0.3, -0.25) is 0 Å². The van der Waals surface area contributed by atoms with Crippen molar-refractivity contribution in [1.82, 2.24) is 0 Å². The van der Waals surface area contributed by atoms with Gasteiger partial charge < -0.3 is 5.11 Å². The van der Waals surface area contributed by atoms with Crippen LogP contribution in [0, 0.1) is 0 Å². The third-order valence-corrected chi connectivity index (χ3v) is 4.64. The predicted octanol–water partition coefficient (Wildman–Crippen LogP) is 6.89. The molecule has 1 aromatic carbocycles. The van der Waals surface area contributed by atoms with E-state index in [1.165, 1.54) is 49.7 Å². The van der Waals surface area contributed by atoms with Crippen LogP contribution >= 0.6 is 0 Å². The van der Waals surface area contributed by atoms with Crippen molar-refractivity contribution in [3.63, 3.8) is 0 Å². The second-order valence-electron chi connectivity index (χ2n) is 9.04. The second kappa shape index (κ2) is 8.22. The van der Waals surface area contributed by atoms with E-state index in [1.807, 2.05) is 6.07 Å². The summed E-state index contributed by atoms with van der Waals surface area (Å²) in [4.78, 5) is 0. The maximum absolute atomic E-state index is 10.5. The predicted molar refractivity (Wildman–Crippen MR) is 103 cm³/mol. The lowest BCUT2D eigenvalue weighted by Crippen LogP contribution is -2.18. The number of unbranched alkanes of at least 4 members (excludes halogenated alkanes) is 5. The highest BCUT2D eigenvalue weighted by Crippen LogP contribution is 2.37. The van der Waals surface area contributed by atoms with Gasteiger partial charge in [0.15, 0.2) is 0 Å². The molecular formula is C22H38O. The van der Waals surface area contributed by atoms with Gasteiger partial charge in [0, 0.05) is 0 Å². The molecule has 0 aliphatic carbocycles. The van der Waals surface area contributed by atoms with Crippen molar-refractivity contribution >= 4 is 0 Å². The molecule has 0 aliphatic rings. The average Bonchev–Trinajstić information content (AvgIpc) is 2.39. The summed E-state index contributed by atoms with van der Waals surface area (Å²) in [5, 5.41) is 10.5. The van der Waals surface area contributed by atoms with Gasteiger partial charge in [-0.05, 0) is 46.4 Å². The molecule has 1 heteroatoms. The number of phenols is 1. The number of hydrogen-bond acceptors (Lipinski definition) is 1. The lowest BCUT2D eigenvalue weighted by Gasteiger charge is -2.28. The lowest BCUT2D eigenvalue weighted by atomic mass is 9.77. The van der Waals surface area contributed by atoms with Crippen LogP contribution in [0.3, 0.4) is 0 Å². The van der Waals surface area contributed by atoms with Gasteiger partial charge in [0.25, 0.3) is 0 Å². The summed E-state index contributed by atoms with van der Waals surface area (Å²) < 4.78 is 0. The van der Waals surface area contributed by atoms with Crippen molar-refractivity contribution in [2.45, 2.75) is 104 Å². The Kier molecular flexibility index (Phi) is 7.17. The molecule has 0 atom stereocenters. The van der Waals surface area contributed by atoms with Gasteiger partial charge in [-0.2, -0.15) is 0 Å². The van der Waals surface area contributed by atoms with Gasteiger partial charge in [0.2, 0.25) is 0 Å². The smallest absolute Gasteiger partial charge is 0.119 e. The highest BCUT2D eigenvalue weighted by atomic mass is 16.3. The molecular weight excluding hydrogens is 280 g/mol. The normalized spacial score (nSPS) is 12.7. The molecule has 0 saturated heterocycles. The molecule has 23 heavy (non-hydrogen) atoms. The Hall–Kier alpha value is -0.980. The highest BCUT2D eigenvalue weighted by Gasteiger charge is 2.24. The molecule has 132 valence electrons. The number of rotatable bonds is 7. The Morgan fingerprint density at radius 3 is 1.78 bits per heavy atom. The maximum Gasteiger partial charge on any atom is 0.119 e. The van der Waals surface area contributed by atoms with Crippen molar-refractivity contribution in [2.24, 2.45) is 0 Å². The Morgan fingerprint density at radius 2 is 1.26 bits per heavy atom. The van der Waals surface area contributed by atoms with Crippen LogP contribution in [0.4, 0.5) is 0 Å².